The first kappa shape index (κ1) is 21.4. The van der Waals surface area contributed by atoms with Gasteiger partial charge in [-0.15, -0.1) is 0 Å². The molecule has 0 unspecified atom stereocenters. The van der Waals surface area contributed by atoms with Gasteiger partial charge in [0.1, 0.15) is 22.6 Å². The SMILES string of the molecule is C[C@H]1c2ccc(N=[N+]=N)c(O)c2C(O)=C2C(=O)[C@]3(O)C(O)=C(C(N)=O)C(=O)C[C@@H]3[C@@H](O)[C@@H]21. The zero-order valence-corrected chi connectivity index (χ0v) is 16.6. The molecule has 0 aromatic heterocycles. The summed E-state index contributed by atoms with van der Waals surface area (Å²) in [6.07, 6.45) is -2.22. The van der Waals surface area contributed by atoms with Gasteiger partial charge in [-0.1, -0.05) is 13.0 Å². The standard InChI is InChI=1S/C20H18N4O8/c1-5-6-2-3-8(23-24-22)15(27)11(6)16(28)13-10(5)14(26)7-4-9(25)12(19(21)31)17(29)20(7,32)18(13)30/h2-3,5,7,10,14,22,26,32H,4H2,1H3,(H4,21,25,28,29,30,31)/p+1/t5-,7+,10+,14+,20+/m0/s1. The van der Waals surface area contributed by atoms with Crippen LogP contribution < -0.4 is 10.6 Å². The zero-order chi connectivity index (χ0) is 23.7. The van der Waals surface area contributed by atoms with E-state index in [1.807, 2.05) is 0 Å². The van der Waals surface area contributed by atoms with Gasteiger partial charge in [0.05, 0.1) is 11.7 Å². The fraction of sp³-hybridized carbons (Fsp3) is 0.350. The van der Waals surface area contributed by atoms with Crippen LogP contribution in [0.4, 0.5) is 5.69 Å². The number of nitrogens with two attached hydrogens (primary N) is 1. The number of phenolic OH excluding ortho intramolecular Hbond substituents is 1. The summed E-state index contributed by atoms with van der Waals surface area (Å²) >= 11 is 0. The number of aromatic hydroxyl groups is 1. The first-order chi connectivity index (χ1) is 15.0. The number of rotatable bonds is 2. The highest BCUT2D eigenvalue weighted by Gasteiger charge is 2.64. The van der Waals surface area contributed by atoms with Gasteiger partial charge in [-0.25, -0.2) is 0 Å². The Morgan fingerprint density at radius 3 is 2.53 bits per heavy atom. The van der Waals surface area contributed by atoms with Crippen molar-refractivity contribution < 1.29 is 39.9 Å². The number of benzene rings is 1. The van der Waals surface area contributed by atoms with Crippen LogP contribution in [0.1, 0.15) is 30.4 Å². The molecular weight excluding hydrogens is 424 g/mol. The number of phenols is 1. The van der Waals surface area contributed by atoms with Crippen molar-refractivity contribution in [2.75, 3.05) is 0 Å². The average molecular weight is 443 g/mol. The van der Waals surface area contributed by atoms with E-state index in [2.05, 4.69) is 10.0 Å². The van der Waals surface area contributed by atoms with Crippen LogP contribution in [-0.4, -0.2) is 54.7 Å². The van der Waals surface area contributed by atoms with Gasteiger partial charge in [-0.05, 0) is 17.5 Å². The Balaban J connectivity index is 2.02. The quantitative estimate of drug-likeness (QED) is 0.188. The molecule has 3 aliphatic carbocycles. The van der Waals surface area contributed by atoms with Crippen LogP contribution in [0.2, 0.25) is 0 Å². The number of nitrogens with one attached hydrogen (secondary N) is 1. The third kappa shape index (κ3) is 2.45. The van der Waals surface area contributed by atoms with Gasteiger partial charge in [0.15, 0.2) is 27.9 Å². The molecular formula is C20H19N4O8+. The Morgan fingerprint density at radius 2 is 1.94 bits per heavy atom. The third-order valence-electron chi connectivity index (χ3n) is 6.64. The number of hydrogen-bond acceptors (Lipinski definition) is 10. The summed E-state index contributed by atoms with van der Waals surface area (Å²) in [6.45, 7) is 1.61. The molecule has 5 atom stereocenters. The van der Waals surface area contributed by atoms with Crippen molar-refractivity contribution in [3.05, 3.63) is 40.2 Å². The smallest absolute Gasteiger partial charge is 0.255 e. The maximum atomic E-state index is 13.4. The van der Waals surface area contributed by atoms with E-state index < -0.39 is 81.8 Å². The highest BCUT2D eigenvalue weighted by molar-refractivity contribution is 6.23. The number of aliphatic hydroxyl groups is 4. The molecule has 12 nitrogen and oxygen atoms in total. The van der Waals surface area contributed by atoms with Crippen molar-refractivity contribution >= 4 is 28.9 Å². The van der Waals surface area contributed by atoms with E-state index in [0.717, 1.165) is 0 Å². The fourth-order valence-corrected chi connectivity index (χ4v) is 5.12. The topological polar surface area (TPSA) is 229 Å². The molecule has 3 aliphatic rings. The van der Waals surface area contributed by atoms with Crippen molar-refractivity contribution in [1.82, 2.24) is 4.91 Å². The van der Waals surface area contributed by atoms with E-state index in [1.165, 1.54) is 12.1 Å². The summed E-state index contributed by atoms with van der Waals surface area (Å²) in [7, 11) is 0. The van der Waals surface area contributed by atoms with Crippen LogP contribution >= 0.6 is 0 Å². The molecule has 0 heterocycles. The zero-order valence-electron chi connectivity index (χ0n) is 16.6. The van der Waals surface area contributed by atoms with Crippen LogP contribution in [0, 0.1) is 17.4 Å². The number of aliphatic hydroxyl groups excluding tert-OH is 3. The van der Waals surface area contributed by atoms with E-state index >= 15 is 0 Å². The summed E-state index contributed by atoms with van der Waals surface area (Å²) in [5, 5.41) is 57.8. The number of primary amides is 1. The molecule has 166 valence electrons. The Kier molecular flexibility index (Phi) is 4.56. The van der Waals surface area contributed by atoms with Gasteiger partial charge in [0.25, 0.3) is 5.91 Å². The third-order valence-corrected chi connectivity index (χ3v) is 6.64. The van der Waals surface area contributed by atoms with Crippen LogP contribution in [0.15, 0.2) is 34.2 Å². The van der Waals surface area contributed by atoms with Crippen molar-refractivity contribution in [1.29, 1.82) is 5.53 Å². The van der Waals surface area contributed by atoms with Crippen LogP contribution in [0.25, 0.3) is 5.76 Å². The number of amides is 1. The molecule has 1 aromatic carbocycles. The Labute approximate surface area is 179 Å². The molecule has 0 saturated heterocycles. The molecule has 8 N–H and O–H groups in total. The monoisotopic (exact) mass is 443 g/mol. The number of nitrogens with zero attached hydrogens (tertiary/aromatic N) is 2. The molecule has 12 heteroatoms. The van der Waals surface area contributed by atoms with Crippen molar-refractivity contribution in [3.63, 3.8) is 0 Å². The summed E-state index contributed by atoms with van der Waals surface area (Å²) in [5.74, 6) is -9.44. The Hall–Kier alpha value is -3.86. The second-order valence-corrected chi connectivity index (χ2v) is 8.08. The van der Waals surface area contributed by atoms with Crippen LogP contribution in [0.5, 0.6) is 5.75 Å². The van der Waals surface area contributed by atoms with Crippen molar-refractivity contribution in [3.8, 4) is 5.75 Å². The number of hydrogen-bond donors (Lipinski definition) is 7. The van der Waals surface area contributed by atoms with Crippen molar-refractivity contribution in [2.24, 2.45) is 22.7 Å². The normalized spacial score (nSPS) is 31.5. The van der Waals surface area contributed by atoms with E-state index in [0.29, 0.717) is 5.56 Å². The molecule has 0 bridgehead atoms. The summed E-state index contributed by atoms with van der Waals surface area (Å²) in [4.78, 5) is 40.3. The molecule has 0 aliphatic heterocycles. The van der Waals surface area contributed by atoms with Gasteiger partial charge in [-0.3, -0.25) is 14.4 Å². The minimum Gasteiger partial charge on any atom is -0.508 e. The molecule has 1 fully saturated rings. The molecule has 0 spiro atoms. The predicted molar refractivity (Wildman–Crippen MR) is 104 cm³/mol. The predicted octanol–water partition coefficient (Wildman–Crippen LogP) is 0.138. The second-order valence-electron chi connectivity index (χ2n) is 8.08. The number of carbonyl (C=O) groups excluding carboxylic acids is 3. The number of fused-ring (bicyclic) bond motifs is 3. The molecule has 4 rings (SSSR count). The number of ketones is 2. The van der Waals surface area contributed by atoms with Gasteiger partial charge in [0, 0.05) is 23.8 Å². The Bertz CT molecular complexity index is 1230. The lowest BCUT2D eigenvalue weighted by atomic mass is 9.55. The lowest BCUT2D eigenvalue weighted by Gasteiger charge is -2.50. The molecule has 1 amide bonds. The summed E-state index contributed by atoms with van der Waals surface area (Å²) in [6, 6.07) is 2.81. The molecule has 32 heavy (non-hydrogen) atoms. The lowest BCUT2D eigenvalue weighted by Crippen LogP contribution is -2.63. The molecule has 1 saturated carbocycles. The Morgan fingerprint density at radius 1 is 1.28 bits per heavy atom. The van der Waals surface area contributed by atoms with E-state index in [1.54, 1.807) is 6.92 Å². The minimum atomic E-state index is -2.89. The number of carbonyl (C=O) groups is 3. The van der Waals surface area contributed by atoms with E-state index in [9.17, 15) is 39.9 Å². The van der Waals surface area contributed by atoms with Crippen LogP contribution in [-0.2, 0) is 14.4 Å². The average Bonchev–Trinajstić information content (AvgIpc) is 2.72. The van der Waals surface area contributed by atoms with E-state index in [-0.39, 0.29) is 11.3 Å². The van der Waals surface area contributed by atoms with Gasteiger partial charge >= 0.3 is 0 Å². The van der Waals surface area contributed by atoms with E-state index in [4.69, 9.17) is 11.3 Å². The highest BCUT2D eigenvalue weighted by Crippen LogP contribution is 2.56. The van der Waals surface area contributed by atoms with Gasteiger partial charge in [0.2, 0.25) is 10.7 Å². The molecule has 0 radical (unpaired) electrons. The van der Waals surface area contributed by atoms with Crippen molar-refractivity contribution in [2.45, 2.75) is 31.0 Å². The largest absolute Gasteiger partial charge is 0.508 e. The first-order valence-electron chi connectivity index (χ1n) is 9.57. The van der Waals surface area contributed by atoms with Gasteiger partial charge in [-0.2, -0.15) is 0 Å². The van der Waals surface area contributed by atoms with Gasteiger partial charge < -0.3 is 31.3 Å². The highest BCUT2D eigenvalue weighted by atomic mass is 16.4. The van der Waals surface area contributed by atoms with Crippen LogP contribution in [0.3, 0.4) is 0 Å². The number of Topliss-reactive ketones (excluding diaryl/α,β-unsaturated/α-hetero) is 2. The summed E-state index contributed by atoms with van der Waals surface area (Å²) in [5.41, 5.74) is 7.61. The second kappa shape index (κ2) is 6.82. The molecule has 1 aromatic rings. The lowest BCUT2D eigenvalue weighted by molar-refractivity contribution is -0.160. The first-order valence-corrected chi connectivity index (χ1v) is 9.57. The summed E-state index contributed by atoms with van der Waals surface area (Å²) < 4.78 is 0. The maximum absolute atomic E-state index is 13.4. The maximum Gasteiger partial charge on any atom is 0.255 e. The minimum absolute atomic E-state index is 0.168. The fourth-order valence-electron chi connectivity index (χ4n) is 5.12.